The van der Waals surface area contributed by atoms with Crippen LogP contribution in [0.4, 0.5) is 16.6 Å². The van der Waals surface area contributed by atoms with Gasteiger partial charge in [0.1, 0.15) is 5.82 Å². The zero-order chi connectivity index (χ0) is 17.7. The van der Waals surface area contributed by atoms with Gasteiger partial charge in [0.15, 0.2) is 0 Å². The molecule has 1 aromatic rings. The molecule has 7 heteroatoms. The number of carbonyl (C=O) groups is 1. The number of nitrogens with one attached hydrogen (secondary N) is 2. The lowest BCUT2D eigenvalue weighted by atomic mass is 10.1. The third kappa shape index (κ3) is 5.54. The first-order chi connectivity index (χ1) is 11.3. The van der Waals surface area contributed by atoms with E-state index in [4.69, 9.17) is 4.74 Å². The summed E-state index contributed by atoms with van der Waals surface area (Å²) in [6.45, 7) is 11.9. The first-order valence-electron chi connectivity index (χ1n) is 8.59. The Hall–Kier alpha value is -2.05. The van der Waals surface area contributed by atoms with Gasteiger partial charge in [-0.25, -0.2) is 9.78 Å². The van der Waals surface area contributed by atoms with Gasteiger partial charge in [-0.15, -0.1) is 0 Å². The van der Waals surface area contributed by atoms with E-state index in [-0.39, 0.29) is 17.7 Å². The summed E-state index contributed by atoms with van der Waals surface area (Å²) in [5, 5.41) is 6.77. The van der Waals surface area contributed by atoms with E-state index < -0.39 is 0 Å². The summed E-state index contributed by atoms with van der Waals surface area (Å²) in [5.41, 5.74) is 0.867. The first-order valence-corrected chi connectivity index (χ1v) is 8.59. The molecule has 2 heterocycles. The fourth-order valence-electron chi connectivity index (χ4n) is 2.69. The summed E-state index contributed by atoms with van der Waals surface area (Å²) in [6.07, 6.45) is 1.50. The summed E-state index contributed by atoms with van der Waals surface area (Å²) in [4.78, 5) is 22.5. The summed E-state index contributed by atoms with van der Waals surface area (Å²) < 4.78 is 5.05. The van der Waals surface area contributed by atoms with E-state index in [0.29, 0.717) is 25.6 Å². The number of carbonyl (C=O) groups excluding carboxylic acids is 1. The Balaban J connectivity index is 1.94. The maximum absolute atomic E-state index is 11.7. The van der Waals surface area contributed by atoms with Crippen LogP contribution in [0.5, 0.6) is 0 Å². The molecule has 134 valence electrons. The monoisotopic (exact) mass is 335 g/mol. The predicted octanol–water partition coefficient (Wildman–Crippen LogP) is 3.03. The van der Waals surface area contributed by atoms with Crippen molar-refractivity contribution in [3.05, 3.63) is 11.8 Å². The van der Waals surface area contributed by atoms with Gasteiger partial charge < -0.3 is 20.3 Å². The average molecular weight is 335 g/mol. The standard InChI is InChI=1S/C17H29N5O2/c1-6-24-16(23)22-9-7-13(8-10-22)19-15-18-12(2)11-14(20-15)21-17(3,4)5/h11,13H,6-10H2,1-5H3,(H2,18,19,20,21). The minimum Gasteiger partial charge on any atom is -0.450 e. The Morgan fingerprint density at radius 3 is 2.58 bits per heavy atom. The minimum atomic E-state index is -0.223. The molecule has 1 amide bonds. The highest BCUT2D eigenvalue weighted by Gasteiger charge is 2.24. The molecule has 1 saturated heterocycles. The van der Waals surface area contributed by atoms with Crippen LogP contribution in [0.15, 0.2) is 6.07 Å². The largest absolute Gasteiger partial charge is 0.450 e. The topological polar surface area (TPSA) is 79.4 Å². The molecule has 0 aromatic carbocycles. The molecule has 7 nitrogen and oxygen atoms in total. The van der Waals surface area contributed by atoms with Crippen LogP contribution in [0.2, 0.25) is 0 Å². The lowest BCUT2D eigenvalue weighted by molar-refractivity contribution is 0.0983. The van der Waals surface area contributed by atoms with Crippen LogP contribution >= 0.6 is 0 Å². The highest BCUT2D eigenvalue weighted by molar-refractivity contribution is 5.67. The van der Waals surface area contributed by atoms with Gasteiger partial charge in [0, 0.05) is 36.4 Å². The Morgan fingerprint density at radius 2 is 2.00 bits per heavy atom. The number of amides is 1. The second-order valence-electron chi connectivity index (χ2n) is 7.20. The molecule has 24 heavy (non-hydrogen) atoms. The molecule has 0 unspecified atom stereocenters. The van der Waals surface area contributed by atoms with Gasteiger partial charge in [0.05, 0.1) is 6.61 Å². The van der Waals surface area contributed by atoms with Crippen LogP contribution < -0.4 is 10.6 Å². The quantitative estimate of drug-likeness (QED) is 0.880. The maximum atomic E-state index is 11.7. The van der Waals surface area contributed by atoms with Gasteiger partial charge in [0.2, 0.25) is 5.95 Å². The summed E-state index contributed by atoms with van der Waals surface area (Å²) in [7, 11) is 0. The van der Waals surface area contributed by atoms with E-state index in [0.717, 1.165) is 24.4 Å². The Morgan fingerprint density at radius 1 is 1.33 bits per heavy atom. The Labute approximate surface area is 144 Å². The van der Waals surface area contributed by atoms with Gasteiger partial charge >= 0.3 is 6.09 Å². The van der Waals surface area contributed by atoms with Crippen molar-refractivity contribution in [3.63, 3.8) is 0 Å². The normalized spacial score (nSPS) is 16.0. The number of rotatable bonds is 4. The molecular weight excluding hydrogens is 306 g/mol. The zero-order valence-corrected chi connectivity index (χ0v) is 15.3. The molecule has 1 fully saturated rings. The van der Waals surface area contributed by atoms with Crippen molar-refractivity contribution >= 4 is 17.9 Å². The van der Waals surface area contributed by atoms with Crippen molar-refractivity contribution in [2.45, 2.75) is 59.0 Å². The van der Waals surface area contributed by atoms with Gasteiger partial charge in [-0.1, -0.05) is 0 Å². The van der Waals surface area contributed by atoms with Gasteiger partial charge in [-0.3, -0.25) is 0 Å². The van der Waals surface area contributed by atoms with Crippen molar-refractivity contribution in [1.29, 1.82) is 0 Å². The summed E-state index contributed by atoms with van der Waals surface area (Å²) in [6, 6.07) is 2.21. The fourth-order valence-corrected chi connectivity index (χ4v) is 2.69. The number of ether oxygens (including phenoxy) is 1. The number of aromatic nitrogens is 2. The molecule has 0 saturated carbocycles. The van der Waals surface area contributed by atoms with E-state index in [9.17, 15) is 4.79 Å². The number of piperidine rings is 1. The smallest absolute Gasteiger partial charge is 0.409 e. The lowest BCUT2D eigenvalue weighted by Gasteiger charge is -2.31. The SMILES string of the molecule is CCOC(=O)N1CCC(Nc2nc(C)cc(NC(C)(C)C)n2)CC1. The van der Waals surface area contributed by atoms with E-state index in [1.165, 1.54) is 0 Å². The second kappa shape index (κ2) is 7.68. The molecule has 1 aliphatic heterocycles. The van der Waals surface area contributed by atoms with Crippen LogP contribution in [0.25, 0.3) is 0 Å². The van der Waals surface area contributed by atoms with Crippen LogP contribution in [-0.2, 0) is 4.74 Å². The Kier molecular flexibility index (Phi) is 5.85. The lowest BCUT2D eigenvalue weighted by Crippen LogP contribution is -2.42. The maximum Gasteiger partial charge on any atom is 0.409 e. The third-order valence-electron chi connectivity index (χ3n) is 3.71. The molecule has 0 atom stereocenters. The molecule has 2 N–H and O–H groups in total. The van der Waals surface area contributed by atoms with Crippen molar-refractivity contribution in [2.24, 2.45) is 0 Å². The van der Waals surface area contributed by atoms with Crippen LogP contribution in [0.1, 0.15) is 46.2 Å². The molecule has 1 aromatic heterocycles. The van der Waals surface area contributed by atoms with Crippen molar-refractivity contribution in [1.82, 2.24) is 14.9 Å². The zero-order valence-electron chi connectivity index (χ0n) is 15.3. The summed E-state index contributed by atoms with van der Waals surface area (Å²) in [5.74, 6) is 1.46. The number of likely N-dealkylation sites (tertiary alicyclic amines) is 1. The molecule has 2 rings (SSSR count). The Bertz CT molecular complexity index is 563. The van der Waals surface area contributed by atoms with Crippen molar-refractivity contribution in [2.75, 3.05) is 30.3 Å². The van der Waals surface area contributed by atoms with Gasteiger partial charge in [-0.2, -0.15) is 4.98 Å². The number of aryl methyl sites for hydroxylation is 1. The van der Waals surface area contributed by atoms with E-state index >= 15 is 0 Å². The van der Waals surface area contributed by atoms with Crippen LogP contribution in [-0.4, -0.2) is 52.2 Å². The van der Waals surface area contributed by atoms with Crippen molar-refractivity contribution < 1.29 is 9.53 Å². The van der Waals surface area contributed by atoms with Crippen molar-refractivity contribution in [3.8, 4) is 0 Å². The van der Waals surface area contributed by atoms with E-state index in [1.807, 2.05) is 19.9 Å². The number of nitrogens with zero attached hydrogens (tertiary/aromatic N) is 3. The fraction of sp³-hybridized carbons (Fsp3) is 0.706. The van der Waals surface area contributed by atoms with E-state index in [2.05, 4.69) is 41.4 Å². The highest BCUT2D eigenvalue weighted by Crippen LogP contribution is 2.18. The number of hydrogen-bond acceptors (Lipinski definition) is 6. The third-order valence-corrected chi connectivity index (χ3v) is 3.71. The van der Waals surface area contributed by atoms with Crippen LogP contribution in [0, 0.1) is 6.92 Å². The van der Waals surface area contributed by atoms with E-state index in [1.54, 1.807) is 4.90 Å². The average Bonchev–Trinajstić information content (AvgIpc) is 2.45. The second-order valence-corrected chi connectivity index (χ2v) is 7.20. The number of hydrogen-bond donors (Lipinski definition) is 2. The molecular formula is C17H29N5O2. The molecule has 1 aliphatic rings. The summed E-state index contributed by atoms with van der Waals surface area (Å²) >= 11 is 0. The highest BCUT2D eigenvalue weighted by atomic mass is 16.6. The molecule has 0 radical (unpaired) electrons. The van der Waals surface area contributed by atoms with Gasteiger partial charge in [-0.05, 0) is 47.5 Å². The molecule has 0 bridgehead atoms. The number of anilines is 2. The molecule has 0 aliphatic carbocycles. The minimum absolute atomic E-state index is 0.0525. The first kappa shape index (κ1) is 18.3. The molecule has 0 spiro atoms. The predicted molar refractivity (Wildman–Crippen MR) is 95.4 cm³/mol. The van der Waals surface area contributed by atoms with Crippen LogP contribution in [0.3, 0.4) is 0 Å². The van der Waals surface area contributed by atoms with Gasteiger partial charge in [0.25, 0.3) is 0 Å².